The van der Waals surface area contributed by atoms with E-state index in [0.717, 1.165) is 11.4 Å². The quantitative estimate of drug-likeness (QED) is 0.823. The van der Waals surface area contributed by atoms with Crippen LogP contribution in [0.5, 0.6) is 0 Å². The zero-order valence-corrected chi connectivity index (χ0v) is 11.2. The smallest absolute Gasteiger partial charge is 0.123 e. The molecule has 0 aliphatic carbocycles. The molecule has 0 unspecified atom stereocenters. The molecule has 2 nitrogen and oxygen atoms in total. The van der Waals surface area contributed by atoms with Gasteiger partial charge in [0.25, 0.3) is 0 Å². The summed E-state index contributed by atoms with van der Waals surface area (Å²) in [4.78, 5) is 1.92. The molecule has 19 heavy (non-hydrogen) atoms. The fourth-order valence-corrected chi connectivity index (χ4v) is 2.17. The molecule has 2 rings (SSSR count). The first kappa shape index (κ1) is 13.4. The second kappa shape index (κ2) is 5.73. The van der Waals surface area contributed by atoms with Crippen molar-refractivity contribution in [1.82, 2.24) is 0 Å². The van der Waals surface area contributed by atoms with E-state index in [1.807, 2.05) is 17.9 Å². The molecule has 0 heterocycles. The van der Waals surface area contributed by atoms with Crippen LogP contribution in [0.2, 0.25) is 5.02 Å². The highest BCUT2D eigenvalue weighted by Crippen LogP contribution is 2.31. The minimum Gasteiger partial charge on any atom is -0.341 e. The maximum absolute atomic E-state index is 13.0. The molecule has 0 N–H and O–H groups in total. The van der Waals surface area contributed by atoms with Gasteiger partial charge in [-0.15, -0.1) is 0 Å². The zero-order valence-electron chi connectivity index (χ0n) is 10.4. The van der Waals surface area contributed by atoms with Gasteiger partial charge in [-0.3, -0.25) is 0 Å². The van der Waals surface area contributed by atoms with Crippen LogP contribution in [-0.2, 0) is 0 Å². The molecule has 0 spiro atoms. The molecule has 0 aromatic heterocycles. The van der Waals surface area contributed by atoms with Crippen LogP contribution in [0.3, 0.4) is 0 Å². The van der Waals surface area contributed by atoms with Crippen molar-refractivity contribution >= 4 is 23.0 Å². The fraction of sp³-hybridized carbons (Fsp3) is 0.133. The minimum atomic E-state index is -0.286. The van der Waals surface area contributed by atoms with Gasteiger partial charge in [0, 0.05) is 12.2 Å². The summed E-state index contributed by atoms with van der Waals surface area (Å²) in [7, 11) is 0. The lowest BCUT2D eigenvalue weighted by Gasteiger charge is -2.24. The Morgan fingerprint density at radius 1 is 1.21 bits per heavy atom. The molecule has 0 radical (unpaired) electrons. The summed E-state index contributed by atoms with van der Waals surface area (Å²) in [5.74, 6) is -0.286. The first-order valence-electron chi connectivity index (χ1n) is 5.89. The summed E-state index contributed by atoms with van der Waals surface area (Å²) in [5, 5.41) is 9.63. The van der Waals surface area contributed by atoms with Crippen molar-refractivity contribution in [2.24, 2.45) is 0 Å². The minimum absolute atomic E-state index is 0.286. The normalized spacial score (nSPS) is 10.0. The molecule has 0 bridgehead atoms. The summed E-state index contributed by atoms with van der Waals surface area (Å²) in [6.45, 7) is 2.62. The van der Waals surface area contributed by atoms with Crippen LogP contribution in [-0.4, -0.2) is 6.54 Å². The number of anilines is 2. The summed E-state index contributed by atoms with van der Waals surface area (Å²) in [6.07, 6.45) is 0. The van der Waals surface area contributed by atoms with E-state index in [1.165, 1.54) is 12.1 Å². The van der Waals surface area contributed by atoms with Crippen molar-refractivity contribution in [2.45, 2.75) is 6.92 Å². The molecule has 2 aromatic carbocycles. The number of rotatable bonds is 3. The number of halogens is 2. The van der Waals surface area contributed by atoms with Gasteiger partial charge in [-0.2, -0.15) is 5.26 Å². The largest absolute Gasteiger partial charge is 0.341 e. The van der Waals surface area contributed by atoms with Crippen LogP contribution in [0, 0.1) is 17.1 Å². The number of hydrogen-bond donors (Lipinski definition) is 0. The molecular weight excluding hydrogens is 263 g/mol. The molecule has 0 saturated heterocycles. The number of hydrogen-bond acceptors (Lipinski definition) is 2. The predicted octanol–water partition coefficient (Wildman–Crippen LogP) is 4.51. The molecular formula is C15H12ClFN2. The Hall–Kier alpha value is -2.05. The molecule has 2 aromatic rings. The van der Waals surface area contributed by atoms with E-state index in [2.05, 4.69) is 6.07 Å². The first-order chi connectivity index (χ1) is 9.17. The van der Waals surface area contributed by atoms with Crippen molar-refractivity contribution < 1.29 is 4.39 Å². The number of nitrogens with zero attached hydrogens (tertiary/aromatic N) is 2. The Kier molecular flexibility index (Phi) is 4.03. The fourth-order valence-electron chi connectivity index (χ4n) is 1.96. The molecule has 0 saturated carbocycles. The van der Waals surface area contributed by atoms with E-state index in [4.69, 9.17) is 11.6 Å². The van der Waals surface area contributed by atoms with Gasteiger partial charge < -0.3 is 4.90 Å². The lowest BCUT2D eigenvalue weighted by Crippen LogP contribution is -2.17. The van der Waals surface area contributed by atoms with Gasteiger partial charge in [0.15, 0.2) is 0 Å². The van der Waals surface area contributed by atoms with Crippen LogP contribution in [0.1, 0.15) is 12.5 Å². The maximum Gasteiger partial charge on any atom is 0.123 e. The lowest BCUT2D eigenvalue weighted by molar-refractivity contribution is 0.628. The van der Waals surface area contributed by atoms with Crippen molar-refractivity contribution in [3.05, 3.63) is 58.9 Å². The van der Waals surface area contributed by atoms with Gasteiger partial charge in [0.05, 0.1) is 16.3 Å². The predicted molar refractivity (Wildman–Crippen MR) is 75.2 cm³/mol. The van der Waals surface area contributed by atoms with Gasteiger partial charge >= 0.3 is 0 Å². The standard InChI is InChI=1S/C15H12ClFN2/c1-2-19(12-8-6-11(17)7-9-12)15-5-3-4-14(16)13(15)10-18/h3-9H,2H2,1H3. The van der Waals surface area contributed by atoms with Crippen molar-refractivity contribution in [2.75, 3.05) is 11.4 Å². The van der Waals surface area contributed by atoms with E-state index < -0.39 is 0 Å². The Bertz CT molecular complexity index is 617. The van der Waals surface area contributed by atoms with E-state index in [0.29, 0.717) is 17.1 Å². The Labute approximate surface area is 116 Å². The molecule has 96 valence electrons. The van der Waals surface area contributed by atoms with Gasteiger partial charge in [-0.25, -0.2) is 4.39 Å². The SMILES string of the molecule is CCN(c1ccc(F)cc1)c1cccc(Cl)c1C#N. The molecule has 0 aliphatic heterocycles. The van der Waals surface area contributed by atoms with Gasteiger partial charge in [-0.05, 0) is 43.3 Å². The number of nitriles is 1. The summed E-state index contributed by atoms with van der Waals surface area (Å²) in [6, 6.07) is 13.6. The maximum atomic E-state index is 13.0. The van der Waals surface area contributed by atoms with E-state index in [1.54, 1.807) is 24.3 Å². The Balaban J connectivity index is 2.52. The molecule has 4 heteroatoms. The second-order valence-electron chi connectivity index (χ2n) is 3.97. The van der Waals surface area contributed by atoms with E-state index >= 15 is 0 Å². The third-order valence-electron chi connectivity index (χ3n) is 2.85. The lowest BCUT2D eigenvalue weighted by atomic mass is 10.1. The molecule has 0 amide bonds. The highest BCUT2D eigenvalue weighted by molar-refractivity contribution is 6.32. The third kappa shape index (κ3) is 2.69. The third-order valence-corrected chi connectivity index (χ3v) is 3.16. The molecule has 0 atom stereocenters. The molecule has 0 aliphatic rings. The van der Waals surface area contributed by atoms with E-state index in [9.17, 15) is 9.65 Å². The monoisotopic (exact) mass is 274 g/mol. The van der Waals surface area contributed by atoms with E-state index in [-0.39, 0.29) is 5.82 Å². The average molecular weight is 275 g/mol. The van der Waals surface area contributed by atoms with Crippen LogP contribution in [0.4, 0.5) is 15.8 Å². The highest BCUT2D eigenvalue weighted by Gasteiger charge is 2.14. The topological polar surface area (TPSA) is 27.0 Å². The second-order valence-corrected chi connectivity index (χ2v) is 4.37. The van der Waals surface area contributed by atoms with Gasteiger partial charge in [-0.1, -0.05) is 17.7 Å². The van der Waals surface area contributed by atoms with Crippen molar-refractivity contribution in [1.29, 1.82) is 5.26 Å². The van der Waals surface area contributed by atoms with Gasteiger partial charge in [0.2, 0.25) is 0 Å². The summed E-state index contributed by atoms with van der Waals surface area (Å²) >= 11 is 6.03. The summed E-state index contributed by atoms with van der Waals surface area (Å²) < 4.78 is 13.0. The van der Waals surface area contributed by atoms with Crippen molar-refractivity contribution in [3.8, 4) is 6.07 Å². The van der Waals surface area contributed by atoms with Crippen LogP contribution < -0.4 is 4.90 Å². The Morgan fingerprint density at radius 2 is 1.89 bits per heavy atom. The highest BCUT2D eigenvalue weighted by atomic mass is 35.5. The van der Waals surface area contributed by atoms with Crippen LogP contribution in [0.25, 0.3) is 0 Å². The molecule has 0 fully saturated rings. The van der Waals surface area contributed by atoms with Crippen LogP contribution >= 0.6 is 11.6 Å². The van der Waals surface area contributed by atoms with Crippen LogP contribution in [0.15, 0.2) is 42.5 Å². The zero-order chi connectivity index (χ0) is 13.8. The van der Waals surface area contributed by atoms with Crippen molar-refractivity contribution in [3.63, 3.8) is 0 Å². The Morgan fingerprint density at radius 3 is 2.47 bits per heavy atom. The number of benzene rings is 2. The first-order valence-corrected chi connectivity index (χ1v) is 6.27. The average Bonchev–Trinajstić information content (AvgIpc) is 2.42. The van der Waals surface area contributed by atoms with Gasteiger partial charge in [0.1, 0.15) is 11.9 Å². The summed E-state index contributed by atoms with van der Waals surface area (Å²) in [5.41, 5.74) is 1.97.